The van der Waals surface area contributed by atoms with Gasteiger partial charge in [-0.3, -0.25) is 0 Å². The lowest BCUT2D eigenvalue weighted by Crippen LogP contribution is -2.45. The molecule has 1 atom stereocenters. The second kappa shape index (κ2) is 4.53. The normalized spacial score (nSPS) is 20.8. The molecule has 1 aromatic rings. The van der Waals surface area contributed by atoms with Gasteiger partial charge in [-0.25, -0.2) is 4.79 Å². The summed E-state index contributed by atoms with van der Waals surface area (Å²) >= 11 is 0. The number of urea groups is 1. The first-order chi connectivity index (χ1) is 7.72. The van der Waals surface area contributed by atoms with Crippen LogP contribution in [0, 0.1) is 0 Å². The van der Waals surface area contributed by atoms with E-state index < -0.39 is 0 Å². The number of carbonyl (C=O) groups is 1. The molecule has 2 rings (SSSR count). The van der Waals surface area contributed by atoms with Gasteiger partial charge in [-0.2, -0.15) is 0 Å². The van der Waals surface area contributed by atoms with E-state index in [1.165, 1.54) is 5.56 Å². The Labute approximate surface area is 95.4 Å². The summed E-state index contributed by atoms with van der Waals surface area (Å²) < 4.78 is 0. The van der Waals surface area contributed by atoms with Gasteiger partial charge >= 0.3 is 6.03 Å². The number of nitrogens with one attached hydrogen (secondary N) is 1. The maximum atomic E-state index is 11.5. The Bertz CT molecular complexity index is 392. The average Bonchev–Trinajstić information content (AvgIpc) is 2.33. The lowest BCUT2D eigenvalue weighted by atomic mass is 9.99. The summed E-state index contributed by atoms with van der Waals surface area (Å²) in [6.07, 6.45) is 0.941. The number of carbonyl (C=O) groups excluding carboxylic acids is 1. The number of nitrogens with zero attached hydrogens (tertiary/aromatic N) is 1. The molecule has 1 saturated heterocycles. The lowest BCUT2D eigenvalue weighted by molar-refractivity contribution is 0.172. The SMILES string of the molecule is CN1C(=O)NCCC1c1cccc(CN)c1. The van der Waals surface area contributed by atoms with Gasteiger partial charge in [0.25, 0.3) is 0 Å². The molecule has 86 valence electrons. The number of nitrogens with two attached hydrogens (primary N) is 1. The molecule has 2 amide bonds. The van der Waals surface area contributed by atoms with Crippen molar-refractivity contribution in [3.05, 3.63) is 35.4 Å². The van der Waals surface area contributed by atoms with Gasteiger partial charge in [0.1, 0.15) is 0 Å². The van der Waals surface area contributed by atoms with Gasteiger partial charge in [-0.05, 0) is 17.5 Å². The van der Waals surface area contributed by atoms with E-state index >= 15 is 0 Å². The second-order valence-corrected chi connectivity index (χ2v) is 4.10. The van der Waals surface area contributed by atoms with E-state index in [2.05, 4.69) is 17.4 Å². The molecule has 1 aliphatic heterocycles. The van der Waals surface area contributed by atoms with Crippen LogP contribution in [0.25, 0.3) is 0 Å². The third kappa shape index (κ3) is 2.02. The van der Waals surface area contributed by atoms with E-state index in [1.54, 1.807) is 4.90 Å². The van der Waals surface area contributed by atoms with E-state index in [0.717, 1.165) is 18.5 Å². The Morgan fingerprint density at radius 2 is 2.38 bits per heavy atom. The van der Waals surface area contributed by atoms with Crippen molar-refractivity contribution in [3.8, 4) is 0 Å². The molecule has 3 N–H and O–H groups in total. The van der Waals surface area contributed by atoms with Crippen molar-refractivity contribution in [1.82, 2.24) is 10.2 Å². The summed E-state index contributed by atoms with van der Waals surface area (Å²) in [5.74, 6) is 0. The first kappa shape index (κ1) is 11.0. The molecule has 0 saturated carbocycles. The van der Waals surface area contributed by atoms with Crippen LogP contribution in [-0.4, -0.2) is 24.5 Å². The van der Waals surface area contributed by atoms with Gasteiger partial charge in [0.2, 0.25) is 0 Å². The molecule has 1 unspecified atom stereocenters. The monoisotopic (exact) mass is 219 g/mol. The van der Waals surface area contributed by atoms with Crippen LogP contribution in [-0.2, 0) is 6.54 Å². The minimum absolute atomic E-state index is 0.00518. The van der Waals surface area contributed by atoms with Crippen LogP contribution in [0.2, 0.25) is 0 Å². The quantitative estimate of drug-likeness (QED) is 0.786. The van der Waals surface area contributed by atoms with Crippen molar-refractivity contribution in [3.63, 3.8) is 0 Å². The maximum absolute atomic E-state index is 11.5. The Hall–Kier alpha value is -1.55. The van der Waals surface area contributed by atoms with Crippen LogP contribution in [0.5, 0.6) is 0 Å². The smallest absolute Gasteiger partial charge is 0.317 e. The van der Waals surface area contributed by atoms with E-state index in [9.17, 15) is 4.79 Å². The lowest BCUT2D eigenvalue weighted by Gasteiger charge is -2.33. The van der Waals surface area contributed by atoms with Crippen LogP contribution in [0.3, 0.4) is 0 Å². The third-order valence-corrected chi connectivity index (χ3v) is 3.05. The zero-order chi connectivity index (χ0) is 11.5. The molecule has 1 fully saturated rings. The topological polar surface area (TPSA) is 58.4 Å². The summed E-state index contributed by atoms with van der Waals surface area (Å²) in [7, 11) is 1.83. The van der Waals surface area contributed by atoms with Gasteiger partial charge < -0.3 is 16.0 Å². The molecular formula is C12H17N3O. The number of rotatable bonds is 2. The molecule has 1 aliphatic rings. The average molecular weight is 219 g/mol. The standard InChI is InChI=1S/C12H17N3O/c1-15-11(5-6-14-12(15)16)10-4-2-3-9(7-10)8-13/h2-4,7,11H,5-6,8,13H2,1H3,(H,14,16). The second-order valence-electron chi connectivity index (χ2n) is 4.10. The number of benzene rings is 1. The van der Waals surface area contributed by atoms with Crippen molar-refractivity contribution >= 4 is 6.03 Å². The first-order valence-electron chi connectivity index (χ1n) is 5.52. The zero-order valence-electron chi connectivity index (χ0n) is 9.44. The highest BCUT2D eigenvalue weighted by Crippen LogP contribution is 2.25. The highest BCUT2D eigenvalue weighted by molar-refractivity contribution is 5.75. The van der Waals surface area contributed by atoms with Crippen molar-refractivity contribution in [1.29, 1.82) is 0 Å². The predicted molar refractivity (Wildman–Crippen MR) is 62.9 cm³/mol. The highest BCUT2D eigenvalue weighted by atomic mass is 16.2. The fourth-order valence-electron chi connectivity index (χ4n) is 2.09. The molecular weight excluding hydrogens is 202 g/mol. The first-order valence-corrected chi connectivity index (χ1v) is 5.52. The molecule has 1 aromatic carbocycles. The fraction of sp³-hybridized carbons (Fsp3) is 0.417. The maximum Gasteiger partial charge on any atom is 0.317 e. The van der Waals surface area contributed by atoms with E-state index in [0.29, 0.717) is 6.54 Å². The zero-order valence-corrected chi connectivity index (χ0v) is 9.44. The van der Waals surface area contributed by atoms with Gasteiger partial charge in [-0.1, -0.05) is 24.3 Å². The minimum atomic E-state index is -0.00518. The number of amides is 2. The highest BCUT2D eigenvalue weighted by Gasteiger charge is 2.25. The molecule has 0 bridgehead atoms. The molecule has 1 heterocycles. The van der Waals surface area contributed by atoms with Crippen LogP contribution < -0.4 is 11.1 Å². The van der Waals surface area contributed by atoms with Crippen LogP contribution >= 0.6 is 0 Å². The summed E-state index contributed by atoms with van der Waals surface area (Å²) in [6, 6.07) is 8.30. The van der Waals surface area contributed by atoms with Gasteiger partial charge in [0.15, 0.2) is 0 Å². The van der Waals surface area contributed by atoms with Crippen LogP contribution in [0.4, 0.5) is 4.79 Å². The number of hydrogen-bond acceptors (Lipinski definition) is 2. The Morgan fingerprint density at radius 1 is 1.56 bits per heavy atom. The van der Waals surface area contributed by atoms with Crippen molar-refractivity contribution in [2.45, 2.75) is 19.0 Å². The van der Waals surface area contributed by atoms with E-state index in [1.807, 2.05) is 19.2 Å². The van der Waals surface area contributed by atoms with Crippen molar-refractivity contribution in [2.24, 2.45) is 5.73 Å². The summed E-state index contributed by atoms with van der Waals surface area (Å²) in [5, 5.41) is 2.82. The number of hydrogen-bond donors (Lipinski definition) is 2. The molecule has 4 nitrogen and oxygen atoms in total. The molecule has 0 spiro atoms. The van der Waals surface area contributed by atoms with Crippen molar-refractivity contribution < 1.29 is 4.79 Å². The molecule has 4 heteroatoms. The molecule has 16 heavy (non-hydrogen) atoms. The minimum Gasteiger partial charge on any atom is -0.338 e. The molecule has 0 aliphatic carbocycles. The third-order valence-electron chi connectivity index (χ3n) is 3.05. The predicted octanol–water partition coefficient (Wildman–Crippen LogP) is 1.23. The van der Waals surface area contributed by atoms with Gasteiger partial charge in [-0.15, -0.1) is 0 Å². The van der Waals surface area contributed by atoms with Crippen LogP contribution in [0.15, 0.2) is 24.3 Å². The summed E-state index contributed by atoms with van der Waals surface area (Å²) in [4.78, 5) is 13.3. The largest absolute Gasteiger partial charge is 0.338 e. The van der Waals surface area contributed by atoms with Crippen LogP contribution in [0.1, 0.15) is 23.6 Å². The Balaban J connectivity index is 2.25. The molecule has 0 aromatic heterocycles. The Kier molecular flexibility index (Phi) is 3.10. The van der Waals surface area contributed by atoms with Gasteiger partial charge in [0, 0.05) is 20.1 Å². The van der Waals surface area contributed by atoms with E-state index in [4.69, 9.17) is 5.73 Å². The van der Waals surface area contributed by atoms with E-state index in [-0.39, 0.29) is 12.1 Å². The summed E-state index contributed by atoms with van der Waals surface area (Å²) in [6.45, 7) is 1.27. The van der Waals surface area contributed by atoms with Crippen molar-refractivity contribution in [2.75, 3.05) is 13.6 Å². The van der Waals surface area contributed by atoms with Gasteiger partial charge in [0.05, 0.1) is 6.04 Å². The summed E-state index contributed by atoms with van der Waals surface area (Å²) in [5.41, 5.74) is 7.89. The molecule has 0 radical (unpaired) electrons. The fourth-order valence-corrected chi connectivity index (χ4v) is 2.09. The Morgan fingerprint density at radius 3 is 3.12 bits per heavy atom.